The van der Waals surface area contributed by atoms with Gasteiger partial charge in [0, 0.05) is 0 Å². The molecule has 4 nitrogen and oxygen atoms in total. The van der Waals surface area contributed by atoms with Gasteiger partial charge in [-0.1, -0.05) is 51.9 Å². The maximum absolute atomic E-state index is 9.00. The fourth-order valence-electron chi connectivity index (χ4n) is 1.65. The predicted molar refractivity (Wildman–Crippen MR) is 67.3 cm³/mol. The quantitative estimate of drug-likeness (QED) is 0.271. The Hall–Kier alpha value is -0.580. The molecule has 0 amide bonds. The summed E-state index contributed by atoms with van der Waals surface area (Å²) < 4.78 is 0. The monoisotopic (exact) mass is 246 g/mol. The van der Waals surface area contributed by atoms with Gasteiger partial charge in [0.05, 0.1) is 0 Å². The molecule has 0 unspecified atom stereocenters. The zero-order valence-electron chi connectivity index (χ0n) is 10.7. The summed E-state index contributed by atoms with van der Waals surface area (Å²) in [5, 5.41) is 34.8. The van der Waals surface area contributed by atoms with Gasteiger partial charge >= 0.3 is 5.97 Å². The third-order valence-corrected chi connectivity index (χ3v) is 2.74. The van der Waals surface area contributed by atoms with Crippen molar-refractivity contribution in [2.75, 3.05) is 0 Å². The molecular formula is C13H26O4. The van der Waals surface area contributed by atoms with Gasteiger partial charge in [-0.3, -0.25) is 0 Å². The Bertz CT molecular complexity index is 206. The van der Waals surface area contributed by atoms with E-state index in [1.54, 1.807) is 0 Å². The molecule has 4 N–H and O–H groups in total. The molecular weight excluding hydrogens is 220 g/mol. The number of rotatable bonds is 10. The molecule has 0 saturated heterocycles. The van der Waals surface area contributed by atoms with Gasteiger partial charge < -0.3 is 20.4 Å². The smallest absolute Gasteiger partial charge is 0.337 e. The van der Waals surface area contributed by atoms with E-state index >= 15 is 0 Å². The summed E-state index contributed by atoms with van der Waals surface area (Å²) >= 11 is 0. The van der Waals surface area contributed by atoms with Gasteiger partial charge in [0.15, 0.2) is 5.76 Å². The van der Waals surface area contributed by atoms with Crippen LogP contribution in [0.4, 0.5) is 0 Å². The fraction of sp³-hybridized carbons (Fsp3) is 0.846. The summed E-state index contributed by atoms with van der Waals surface area (Å²) in [4.78, 5) is 0. The van der Waals surface area contributed by atoms with Crippen LogP contribution >= 0.6 is 0 Å². The minimum Gasteiger partial charge on any atom is -0.505 e. The standard InChI is InChI=1S/C13H26O4/c1-2-3-4-5-6-7-8-9-10-11-12(14)13(15,16)17/h11,14-17H,2-10H2,1H3. The van der Waals surface area contributed by atoms with Gasteiger partial charge in [-0.05, 0) is 18.9 Å². The molecule has 0 saturated carbocycles. The van der Waals surface area contributed by atoms with Gasteiger partial charge in [0.2, 0.25) is 0 Å². The van der Waals surface area contributed by atoms with E-state index in [0.29, 0.717) is 6.42 Å². The number of unbranched alkanes of at least 4 members (excludes halogenated alkanes) is 8. The number of aliphatic hydroxyl groups is 4. The highest BCUT2D eigenvalue weighted by Gasteiger charge is 2.23. The van der Waals surface area contributed by atoms with E-state index < -0.39 is 11.7 Å². The van der Waals surface area contributed by atoms with E-state index in [2.05, 4.69) is 6.92 Å². The molecule has 0 aromatic carbocycles. The SMILES string of the molecule is CCCCCCCCCCC=C(O)C(O)(O)O. The highest BCUT2D eigenvalue weighted by Crippen LogP contribution is 2.12. The van der Waals surface area contributed by atoms with E-state index in [9.17, 15) is 0 Å². The molecule has 0 aliphatic heterocycles. The van der Waals surface area contributed by atoms with Crippen molar-refractivity contribution in [2.24, 2.45) is 0 Å². The Morgan fingerprint density at radius 3 is 1.82 bits per heavy atom. The third-order valence-electron chi connectivity index (χ3n) is 2.74. The molecule has 0 heterocycles. The predicted octanol–water partition coefficient (Wildman–Crippen LogP) is 2.59. The van der Waals surface area contributed by atoms with E-state index in [-0.39, 0.29) is 0 Å². The van der Waals surface area contributed by atoms with E-state index in [4.69, 9.17) is 20.4 Å². The molecule has 0 rings (SSSR count). The van der Waals surface area contributed by atoms with Crippen LogP contribution in [0, 0.1) is 0 Å². The molecule has 0 aliphatic rings. The molecule has 0 bridgehead atoms. The maximum atomic E-state index is 9.00. The second kappa shape index (κ2) is 9.45. The van der Waals surface area contributed by atoms with E-state index in [1.165, 1.54) is 44.6 Å². The number of allylic oxidation sites excluding steroid dienone is 1. The Labute approximate surface area is 104 Å². The van der Waals surface area contributed by atoms with Crippen molar-refractivity contribution >= 4 is 0 Å². The van der Waals surface area contributed by atoms with Crippen LogP contribution in [0.3, 0.4) is 0 Å². The van der Waals surface area contributed by atoms with Crippen LogP contribution < -0.4 is 0 Å². The van der Waals surface area contributed by atoms with Crippen molar-refractivity contribution in [3.8, 4) is 0 Å². The molecule has 17 heavy (non-hydrogen) atoms. The second-order valence-corrected chi connectivity index (χ2v) is 4.49. The highest BCUT2D eigenvalue weighted by molar-refractivity contribution is 4.96. The van der Waals surface area contributed by atoms with Gasteiger partial charge in [-0.25, -0.2) is 0 Å². The van der Waals surface area contributed by atoms with Gasteiger partial charge in [0.1, 0.15) is 0 Å². The second-order valence-electron chi connectivity index (χ2n) is 4.49. The lowest BCUT2D eigenvalue weighted by Gasteiger charge is -2.12. The van der Waals surface area contributed by atoms with Crippen LogP contribution in [0.25, 0.3) is 0 Å². The maximum Gasteiger partial charge on any atom is 0.337 e. The Morgan fingerprint density at radius 1 is 0.882 bits per heavy atom. The lowest BCUT2D eigenvalue weighted by Crippen LogP contribution is -2.29. The highest BCUT2D eigenvalue weighted by atomic mass is 16.7. The lowest BCUT2D eigenvalue weighted by atomic mass is 10.1. The molecule has 4 heteroatoms. The van der Waals surface area contributed by atoms with Crippen molar-refractivity contribution < 1.29 is 20.4 Å². The Morgan fingerprint density at radius 2 is 1.35 bits per heavy atom. The van der Waals surface area contributed by atoms with Crippen LogP contribution in [-0.2, 0) is 0 Å². The molecule has 102 valence electrons. The normalized spacial score (nSPS) is 13.1. The molecule has 0 atom stereocenters. The number of hydrogen-bond acceptors (Lipinski definition) is 4. The summed E-state index contributed by atoms with van der Waals surface area (Å²) in [5.74, 6) is -3.87. The molecule has 0 aromatic rings. The summed E-state index contributed by atoms with van der Waals surface area (Å²) in [7, 11) is 0. The summed E-state index contributed by atoms with van der Waals surface area (Å²) in [6.07, 6.45) is 11.3. The molecule has 0 aromatic heterocycles. The average Bonchev–Trinajstić information content (AvgIpc) is 2.25. The topological polar surface area (TPSA) is 80.9 Å². The van der Waals surface area contributed by atoms with Crippen LogP contribution in [0.15, 0.2) is 11.8 Å². The minimum absolute atomic E-state index is 0.546. The van der Waals surface area contributed by atoms with Gasteiger partial charge in [0.25, 0.3) is 0 Å². The van der Waals surface area contributed by atoms with Crippen molar-refractivity contribution in [1.82, 2.24) is 0 Å². The zero-order chi connectivity index (χ0) is 13.1. The van der Waals surface area contributed by atoms with Crippen LogP contribution in [-0.4, -0.2) is 26.4 Å². The first-order valence-corrected chi connectivity index (χ1v) is 6.55. The summed E-state index contributed by atoms with van der Waals surface area (Å²) in [5.41, 5.74) is 0. The molecule has 0 radical (unpaired) electrons. The van der Waals surface area contributed by atoms with Crippen LogP contribution in [0.5, 0.6) is 0 Å². The first-order chi connectivity index (χ1) is 7.98. The Kier molecular flexibility index (Phi) is 9.13. The zero-order valence-corrected chi connectivity index (χ0v) is 10.7. The molecule has 0 spiro atoms. The third kappa shape index (κ3) is 10.3. The lowest BCUT2D eigenvalue weighted by molar-refractivity contribution is -0.298. The van der Waals surface area contributed by atoms with Crippen molar-refractivity contribution in [3.05, 3.63) is 11.8 Å². The van der Waals surface area contributed by atoms with Crippen molar-refractivity contribution in [1.29, 1.82) is 0 Å². The minimum atomic E-state index is -3.08. The summed E-state index contributed by atoms with van der Waals surface area (Å²) in [6, 6.07) is 0. The fourth-order valence-corrected chi connectivity index (χ4v) is 1.65. The van der Waals surface area contributed by atoms with Crippen LogP contribution in [0.2, 0.25) is 0 Å². The number of aliphatic hydroxyl groups excluding tert-OH is 1. The van der Waals surface area contributed by atoms with E-state index in [0.717, 1.165) is 12.8 Å². The largest absolute Gasteiger partial charge is 0.505 e. The summed E-state index contributed by atoms with van der Waals surface area (Å²) in [6.45, 7) is 2.20. The number of hydrogen-bond donors (Lipinski definition) is 4. The first kappa shape index (κ1) is 16.4. The van der Waals surface area contributed by atoms with Crippen molar-refractivity contribution in [3.63, 3.8) is 0 Å². The molecule has 0 fully saturated rings. The van der Waals surface area contributed by atoms with Crippen LogP contribution in [0.1, 0.15) is 64.7 Å². The average molecular weight is 246 g/mol. The van der Waals surface area contributed by atoms with Gasteiger partial charge in [-0.2, -0.15) is 0 Å². The van der Waals surface area contributed by atoms with Gasteiger partial charge in [-0.15, -0.1) is 0 Å². The van der Waals surface area contributed by atoms with E-state index in [1.807, 2.05) is 0 Å². The first-order valence-electron chi connectivity index (χ1n) is 6.55. The van der Waals surface area contributed by atoms with Crippen molar-refractivity contribution in [2.45, 2.75) is 70.7 Å². The molecule has 0 aliphatic carbocycles. The Balaban J connectivity index is 3.35.